The molecule has 1 N–H and O–H groups in total. The van der Waals surface area contributed by atoms with E-state index in [2.05, 4.69) is 15.9 Å². The molecule has 5 heteroatoms. The van der Waals surface area contributed by atoms with Crippen molar-refractivity contribution in [3.8, 4) is 5.75 Å². The lowest BCUT2D eigenvalue weighted by Crippen LogP contribution is -2.41. The van der Waals surface area contributed by atoms with Crippen LogP contribution in [0.25, 0.3) is 0 Å². The second-order valence-electron chi connectivity index (χ2n) is 6.26. The molecular formula is C20H24BrNO3. The summed E-state index contributed by atoms with van der Waals surface area (Å²) in [5, 5.41) is 10.5. The van der Waals surface area contributed by atoms with Gasteiger partial charge in [0.2, 0.25) is 0 Å². The van der Waals surface area contributed by atoms with E-state index in [9.17, 15) is 9.90 Å². The number of amides is 1. The van der Waals surface area contributed by atoms with Gasteiger partial charge in [0, 0.05) is 11.5 Å². The summed E-state index contributed by atoms with van der Waals surface area (Å²) in [7, 11) is 1.68. The molecule has 2 aromatic carbocycles. The van der Waals surface area contributed by atoms with Crippen molar-refractivity contribution in [2.45, 2.75) is 32.9 Å². The normalized spacial score (nSPS) is 13.2. The van der Waals surface area contributed by atoms with Crippen LogP contribution in [0.2, 0.25) is 0 Å². The molecule has 0 aliphatic heterocycles. The van der Waals surface area contributed by atoms with Gasteiger partial charge in [-0.2, -0.15) is 0 Å². The Morgan fingerprint density at radius 1 is 1.20 bits per heavy atom. The Morgan fingerprint density at radius 3 is 2.32 bits per heavy atom. The summed E-state index contributed by atoms with van der Waals surface area (Å²) in [6.45, 7) is 5.66. The minimum atomic E-state index is -0.744. The molecule has 2 unspecified atom stereocenters. The fourth-order valence-corrected chi connectivity index (χ4v) is 3.42. The first-order valence-electron chi connectivity index (χ1n) is 8.19. The monoisotopic (exact) mass is 405 g/mol. The first kappa shape index (κ1) is 19.5. The van der Waals surface area contributed by atoms with Crippen LogP contribution in [-0.4, -0.2) is 35.6 Å². The second-order valence-corrected chi connectivity index (χ2v) is 7.17. The highest BCUT2D eigenvalue weighted by molar-refractivity contribution is 9.10. The summed E-state index contributed by atoms with van der Waals surface area (Å²) in [4.78, 5) is 14.0. The lowest BCUT2D eigenvalue weighted by atomic mass is 10.0. The third kappa shape index (κ3) is 4.83. The van der Waals surface area contributed by atoms with Gasteiger partial charge in [0.15, 0.2) is 6.61 Å². The van der Waals surface area contributed by atoms with Crippen molar-refractivity contribution in [3.63, 3.8) is 0 Å². The van der Waals surface area contributed by atoms with Crippen molar-refractivity contribution >= 4 is 21.8 Å². The molecular weight excluding hydrogens is 382 g/mol. The second kappa shape index (κ2) is 8.50. The molecule has 0 spiro atoms. The van der Waals surface area contributed by atoms with Gasteiger partial charge in [0.25, 0.3) is 5.91 Å². The van der Waals surface area contributed by atoms with E-state index >= 15 is 0 Å². The van der Waals surface area contributed by atoms with Gasteiger partial charge in [0.05, 0.1) is 12.1 Å². The van der Waals surface area contributed by atoms with Crippen LogP contribution in [0.1, 0.15) is 29.7 Å². The molecule has 0 aromatic heterocycles. The molecule has 0 aliphatic rings. The highest BCUT2D eigenvalue weighted by Gasteiger charge is 2.24. The van der Waals surface area contributed by atoms with Gasteiger partial charge in [-0.05, 0) is 49.6 Å². The number of likely N-dealkylation sites (N-methyl/N-ethyl adjacent to an activating group) is 1. The van der Waals surface area contributed by atoms with Crippen LogP contribution >= 0.6 is 15.9 Å². The molecule has 2 rings (SSSR count). The Kier molecular flexibility index (Phi) is 6.62. The van der Waals surface area contributed by atoms with E-state index in [-0.39, 0.29) is 18.6 Å². The van der Waals surface area contributed by atoms with Gasteiger partial charge in [-0.1, -0.05) is 46.3 Å². The van der Waals surface area contributed by atoms with Crippen LogP contribution in [0.3, 0.4) is 0 Å². The van der Waals surface area contributed by atoms with Gasteiger partial charge in [-0.15, -0.1) is 0 Å². The molecule has 2 atom stereocenters. The summed E-state index contributed by atoms with van der Waals surface area (Å²) in [5.74, 6) is 0.547. The van der Waals surface area contributed by atoms with Crippen molar-refractivity contribution in [2.75, 3.05) is 13.7 Å². The molecule has 0 saturated carbocycles. The summed E-state index contributed by atoms with van der Waals surface area (Å²) >= 11 is 3.45. The Morgan fingerprint density at radius 2 is 1.76 bits per heavy atom. The zero-order valence-corrected chi connectivity index (χ0v) is 16.6. The molecule has 0 fully saturated rings. The Hall–Kier alpha value is -1.85. The smallest absolute Gasteiger partial charge is 0.260 e. The number of carbonyl (C=O) groups is 1. The summed E-state index contributed by atoms with van der Waals surface area (Å²) in [5.41, 5.74) is 2.73. The molecule has 4 nitrogen and oxygen atoms in total. The zero-order chi connectivity index (χ0) is 18.6. The van der Waals surface area contributed by atoms with Crippen LogP contribution in [0.5, 0.6) is 5.75 Å². The van der Waals surface area contributed by atoms with E-state index in [1.54, 1.807) is 7.05 Å². The minimum Gasteiger partial charge on any atom is -0.483 e. The maximum atomic E-state index is 12.5. The predicted molar refractivity (Wildman–Crippen MR) is 103 cm³/mol. The molecule has 0 aliphatic carbocycles. The van der Waals surface area contributed by atoms with E-state index in [4.69, 9.17) is 4.74 Å². The number of aliphatic hydroxyl groups excluding tert-OH is 1. The van der Waals surface area contributed by atoms with Crippen LogP contribution in [0.15, 0.2) is 46.9 Å². The average molecular weight is 406 g/mol. The van der Waals surface area contributed by atoms with E-state index in [0.717, 1.165) is 26.9 Å². The Balaban J connectivity index is 2.01. The molecule has 134 valence electrons. The molecule has 1 amide bonds. The largest absolute Gasteiger partial charge is 0.483 e. The number of nitrogens with zero attached hydrogens (tertiary/aromatic N) is 1. The fraction of sp³-hybridized carbons (Fsp3) is 0.350. The van der Waals surface area contributed by atoms with Gasteiger partial charge < -0.3 is 14.7 Å². The SMILES string of the molecule is Cc1cc(Br)cc(C)c1OCC(=O)N(C)C(C)C(O)c1ccccc1. The van der Waals surface area contributed by atoms with Crippen LogP contribution in [0, 0.1) is 13.8 Å². The van der Waals surface area contributed by atoms with Crippen molar-refractivity contribution in [1.82, 2.24) is 4.90 Å². The van der Waals surface area contributed by atoms with Gasteiger partial charge in [-0.25, -0.2) is 0 Å². The predicted octanol–water partition coefficient (Wildman–Crippen LogP) is 4.03. The summed E-state index contributed by atoms with van der Waals surface area (Å²) in [6.07, 6.45) is -0.744. The van der Waals surface area contributed by atoms with Crippen molar-refractivity contribution < 1.29 is 14.6 Å². The number of ether oxygens (including phenoxy) is 1. The van der Waals surface area contributed by atoms with E-state index in [0.29, 0.717) is 0 Å². The van der Waals surface area contributed by atoms with E-state index < -0.39 is 6.10 Å². The first-order valence-corrected chi connectivity index (χ1v) is 8.98. The number of benzene rings is 2. The highest BCUT2D eigenvalue weighted by atomic mass is 79.9. The van der Waals surface area contributed by atoms with E-state index in [1.165, 1.54) is 4.90 Å². The summed E-state index contributed by atoms with van der Waals surface area (Å²) in [6, 6.07) is 12.9. The number of hydrogen-bond acceptors (Lipinski definition) is 3. The van der Waals surface area contributed by atoms with Crippen molar-refractivity contribution in [1.29, 1.82) is 0 Å². The number of carbonyl (C=O) groups excluding carboxylic acids is 1. The first-order chi connectivity index (χ1) is 11.8. The average Bonchev–Trinajstić information content (AvgIpc) is 2.59. The van der Waals surface area contributed by atoms with Crippen LogP contribution < -0.4 is 4.74 Å². The molecule has 0 radical (unpaired) electrons. The van der Waals surface area contributed by atoms with Gasteiger partial charge in [-0.3, -0.25) is 4.79 Å². The minimum absolute atomic E-state index is 0.0638. The van der Waals surface area contributed by atoms with Crippen molar-refractivity contribution in [2.24, 2.45) is 0 Å². The topological polar surface area (TPSA) is 49.8 Å². The lowest BCUT2D eigenvalue weighted by Gasteiger charge is -2.29. The van der Waals surface area contributed by atoms with Crippen molar-refractivity contribution in [3.05, 3.63) is 63.6 Å². The number of aliphatic hydroxyl groups is 1. The number of hydrogen-bond donors (Lipinski definition) is 1. The zero-order valence-electron chi connectivity index (χ0n) is 15.0. The third-order valence-electron chi connectivity index (χ3n) is 4.37. The molecule has 2 aromatic rings. The highest BCUT2D eigenvalue weighted by Crippen LogP contribution is 2.27. The lowest BCUT2D eigenvalue weighted by molar-refractivity contribution is -0.136. The maximum absolute atomic E-state index is 12.5. The molecule has 0 saturated heterocycles. The van der Waals surface area contributed by atoms with Crippen LogP contribution in [0.4, 0.5) is 0 Å². The van der Waals surface area contributed by atoms with Gasteiger partial charge >= 0.3 is 0 Å². The van der Waals surface area contributed by atoms with Crippen LogP contribution in [-0.2, 0) is 4.79 Å². The third-order valence-corrected chi connectivity index (χ3v) is 4.83. The molecule has 0 heterocycles. The molecule has 25 heavy (non-hydrogen) atoms. The standard InChI is InChI=1S/C20H24BrNO3/c1-13-10-17(21)11-14(2)20(13)25-12-18(23)22(4)15(3)19(24)16-8-6-5-7-9-16/h5-11,15,19,24H,12H2,1-4H3. The maximum Gasteiger partial charge on any atom is 0.260 e. The Labute approximate surface area is 157 Å². The fourth-order valence-electron chi connectivity index (χ4n) is 2.73. The Bertz CT molecular complexity index is 710. The number of aryl methyl sites for hydroxylation is 2. The number of rotatable bonds is 6. The number of halogens is 1. The quantitative estimate of drug-likeness (QED) is 0.788. The molecule has 0 bridgehead atoms. The van der Waals surface area contributed by atoms with E-state index in [1.807, 2.05) is 63.2 Å². The summed E-state index contributed by atoms with van der Waals surface area (Å²) < 4.78 is 6.73. The van der Waals surface area contributed by atoms with Gasteiger partial charge in [0.1, 0.15) is 5.75 Å².